The molecule has 1 aliphatic rings. The molecule has 0 spiro atoms. The first kappa shape index (κ1) is 12.4. The summed E-state index contributed by atoms with van der Waals surface area (Å²) < 4.78 is 0. The van der Waals surface area contributed by atoms with Gasteiger partial charge in [0, 0.05) is 44.5 Å². The zero-order valence-electron chi connectivity index (χ0n) is 10.9. The molecular formula is C14H23N3. The highest BCUT2D eigenvalue weighted by molar-refractivity contribution is 5.47. The Kier molecular flexibility index (Phi) is 4.02. The Hall–Kier alpha value is -1.06. The number of piperazine rings is 1. The van der Waals surface area contributed by atoms with Crippen LogP contribution >= 0.6 is 0 Å². The SMILES string of the molecule is Cc1ccc(N2CCN(C(C)CN)CC2)cc1. The molecule has 0 amide bonds. The minimum Gasteiger partial charge on any atom is -0.369 e. The van der Waals surface area contributed by atoms with E-state index >= 15 is 0 Å². The highest BCUT2D eigenvalue weighted by Crippen LogP contribution is 2.17. The van der Waals surface area contributed by atoms with Crippen LogP contribution in [0.3, 0.4) is 0 Å². The molecule has 0 bridgehead atoms. The van der Waals surface area contributed by atoms with Crippen LogP contribution in [0.5, 0.6) is 0 Å². The van der Waals surface area contributed by atoms with Gasteiger partial charge in [-0.2, -0.15) is 0 Å². The molecule has 1 unspecified atom stereocenters. The monoisotopic (exact) mass is 233 g/mol. The van der Waals surface area contributed by atoms with Crippen molar-refractivity contribution >= 4 is 5.69 Å². The number of benzene rings is 1. The molecule has 1 heterocycles. The Bertz CT molecular complexity index is 339. The topological polar surface area (TPSA) is 32.5 Å². The van der Waals surface area contributed by atoms with Crippen molar-refractivity contribution in [3.63, 3.8) is 0 Å². The minimum atomic E-state index is 0.509. The van der Waals surface area contributed by atoms with Gasteiger partial charge in [0.15, 0.2) is 0 Å². The third-order valence-electron chi connectivity index (χ3n) is 3.68. The van der Waals surface area contributed by atoms with Gasteiger partial charge in [0.2, 0.25) is 0 Å². The molecule has 1 aromatic carbocycles. The summed E-state index contributed by atoms with van der Waals surface area (Å²) >= 11 is 0. The zero-order chi connectivity index (χ0) is 12.3. The first-order valence-corrected chi connectivity index (χ1v) is 6.46. The summed E-state index contributed by atoms with van der Waals surface area (Å²) in [5, 5.41) is 0. The average molecular weight is 233 g/mol. The van der Waals surface area contributed by atoms with E-state index in [0.29, 0.717) is 6.04 Å². The number of anilines is 1. The molecule has 1 atom stereocenters. The maximum atomic E-state index is 5.71. The van der Waals surface area contributed by atoms with Crippen molar-refractivity contribution in [1.29, 1.82) is 0 Å². The molecule has 3 nitrogen and oxygen atoms in total. The zero-order valence-corrected chi connectivity index (χ0v) is 10.9. The number of hydrogen-bond donors (Lipinski definition) is 1. The van der Waals surface area contributed by atoms with Crippen molar-refractivity contribution in [2.75, 3.05) is 37.6 Å². The van der Waals surface area contributed by atoms with Gasteiger partial charge < -0.3 is 10.6 Å². The van der Waals surface area contributed by atoms with E-state index in [4.69, 9.17) is 5.73 Å². The van der Waals surface area contributed by atoms with E-state index in [2.05, 4.69) is 47.9 Å². The summed E-state index contributed by atoms with van der Waals surface area (Å²) in [6, 6.07) is 9.32. The molecular weight excluding hydrogens is 210 g/mol. The lowest BCUT2D eigenvalue weighted by Gasteiger charge is -2.38. The molecule has 1 aliphatic heterocycles. The highest BCUT2D eigenvalue weighted by atomic mass is 15.3. The van der Waals surface area contributed by atoms with Crippen LogP contribution in [0.15, 0.2) is 24.3 Å². The van der Waals surface area contributed by atoms with Crippen LogP contribution in [0.25, 0.3) is 0 Å². The van der Waals surface area contributed by atoms with Gasteiger partial charge in [0.05, 0.1) is 0 Å². The molecule has 1 fully saturated rings. The van der Waals surface area contributed by atoms with E-state index in [9.17, 15) is 0 Å². The lowest BCUT2D eigenvalue weighted by molar-refractivity contribution is 0.201. The standard InChI is InChI=1S/C14H23N3/c1-12-3-5-14(6-4-12)17-9-7-16(8-10-17)13(2)11-15/h3-6,13H,7-11,15H2,1-2H3. The predicted octanol–water partition coefficient (Wildman–Crippen LogP) is 1.46. The van der Waals surface area contributed by atoms with E-state index in [1.54, 1.807) is 0 Å². The normalized spacial score (nSPS) is 19.4. The summed E-state index contributed by atoms with van der Waals surface area (Å²) in [7, 11) is 0. The van der Waals surface area contributed by atoms with Crippen LogP contribution in [0.1, 0.15) is 12.5 Å². The van der Waals surface area contributed by atoms with Crippen LogP contribution in [0, 0.1) is 6.92 Å². The Labute approximate surface area is 104 Å². The molecule has 0 saturated carbocycles. The van der Waals surface area contributed by atoms with Crippen molar-refractivity contribution in [1.82, 2.24) is 4.90 Å². The first-order chi connectivity index (χ1) is 8.20. The molecule has 1 aromatic rings. The van der Waals surface area contributed by atoms with E-state index in [1.165, 1.54) is 11.3 Å². The largest absolute Gasteiger partial charge is 0.369 e. The predicted molar refractivity (Wildman–Crippen MR) is 73.5 cm³/mol. The van der Waals surface area contributed by atoms with Crippen LogP contribution in [-0.2, 0) is 0 Å². The number of aryl methyl sites for hydroxylation is 1. The Morgan fingerprint density at radius 2 is 1.71 bits per heavy atom. The van der Waals surface area contributed by atoms with Crippen LogP contribution in [-0.4, -0.2) is 43.7 Å². The summed E-state index contributed by atoms with van der Waals surface area (Å²) in [6.07, 6.45) is 0. The summed E-state index contributed by atoms with van der Waals surface area (Å²) in [5.41, 5.74) is 8.38. The molecule has 0 aliphatic carbocycles. The van der Waals surface area contributed by atoms with Gasteiger partial charge >= 0.3 is 0 Å². The second-order valence-corrected chi connectivity index (χ2v) is 4.94. The van der Waals surface area contributed by atoms with E-state index in [-0.39, 0.29) is 0 Å². The fourth-order valence-electron chi connectivity index (χ4n) is 2.33. The van der Waals surface area contributed by atoms with Crippen molar-refractivity contribution in [2.24, 2.45) is 5.73 Å². The second-order valence-electron chi connectivity index (χ2n) is 4.94. The maximum absolute atomic E-state index is 5.71. The lowest BCUT2D eigenvalue weighted by atomic mass is 10.2. The molecule has 1 saturated heterocycles. The fraction of sp³-hybridized carbons (Fsp3) is 0.571. The number of nitrogens with zero attached hydrogens (tertiary/aromatic N) is 2. The number of rotatable bonds is 3. The van der Waals surface area contributed by atoms with Gasteiger partial charge in [-0.15, -0.1) is 0 Å². The van der Waals surface area contributed by atoms with Gasteiger partial charge in [0.1, 0.15) is 0 Å². The molecule has 0 radical (unpaired) electrons. The van der Waals surface area contributed by atoms with E-state index in [1.807, 2.05) is 0 Å². The van der Waals surface area contributed by atoms with Gasteiger partial charge in [-0.3, -0.25) is 4.90 Å². The third-order valence-corrected chi connectivity index (χ3v) is 3.68. The summed E-state index contributed by atoms with van der Waals surface area (Å²) in [5.74, 6) is 0. The molecule has 3 heteroatoms. The molecule has 17 heavy (non-hydrogen) atoms. The lowest BCUT2D eigenvalue weighted by Crippen LogP contribution is -2.51. The van der Waals surface area contributed by atoms with Gasteiger partial charge in [-0.25, -0.2) is 0 Å². The van der Waals surface area contributed by atoms with Crippen molar-refractivity contribution in [3.05, 3.63) is 29.8 Å². The van der Waals surface area contributed by atoms with Crippen molar-refractivity contribution in [3.8, 4) is 0 Å². The van der Waals surface area contributed by atoms with Crippen LogP contribution in [0.2, 0.25) is 0 Å². The van der Waals surface area contributed by atoms with Crippen LogP contribution < -0.4 is 10.6 Å². The fourth-order valence-corrected chi connectivity index (χ4v) is 2.33. The number of nitrogens with two attached hydrogens (primary N) is 1. The third kappa shape index (κ3) is 2.99. The Morgan fingerprint density at radius 1 is 1.12 bits per heavy atom. The van der Waals surface area contributed by atoms with Gasteiger partial charge in [-0.05, 0) is 26.0 Å². The Morgan fingerprint density at radius 3 is 2.24 bits per heavy atom. The highest BCUT2D eigenvalue weighted by Gasteiger charge is 2.20. The molecule has 0 aromatic heterocycles. The average Bonchev–Trinajstić information content (AvgIpc) is 2.39. The molecule has 94 valence electrons. The summed E-state index contributed by atoms with van der Waals surface area (Å²) in [6.45, 7) is 9.54. The molecule has 2 rings (SSSR count). The van der Waals surface area contributed by atoms with Crippen molar-refractivity contribution < 1.29 is 0 Å². The van der Waals surface area contributed by atoms with E-state index in [0.717, 1.165) is 32.7 Å². The molecule has 2 N–H and O–H groups in total. The van der Waals surface area contributed by atoms with Gasteiger partial charge in [0.25, 0.3) is 0 Å². The first-order valence-electron chi connectivity index (χ1n) is 6.46. The minimum absolute atomic E-state index is 0.509. The second kappa shape index (κ2) is 5.52. The Balaban J connectivity index is 1.93. The van der Waals surface area contributed by atoms with Crippen molar-refractivity contribution in [2.45, 2.75) is 19.9 Å². The smallest absolute Gasteiger partial charge is 0.0367 e. The van der Waals surface area contributed by atoms with Gasteiger partial charge in [-0.1, -0.05) is 17.7 Å². The maximum Gasteiger partial charge on any atom is 0.0367 e. The summed E-state index contributed by atoms with van der Waals surface area (Å²) in [4.78, 5) is 4.93. The number of hydrogen-bond acceptors (Lipinski definition) is 3. The van der Waals surface area contributed by atoms with Crippen LogP contribution in [0.4, 0.5) is 5.69 Å². The van der Waals surface area contributed by atoms with E-state index < -0.39 is 0 Å². The quantitative estimate of drug-likeness (QED) is 0.858.